The molecule has 2 heteroatoms. The summed E-state index contributed by atoms with van der Waals surface area (Å²) in [6, 6.07) is 115. The summed E-state index contributed by atoms with van der Waals surface area (Å²) in [5.74, 6) is 0.379. The molecule has 0 amide bonds. The van der Waals surface area contributed by atoms with E-state index in [2.05, 4.69) is 316 Å². The molecule has 0 bridgehead atoms. The molecule has 0 saturated heterocycles. The third-order valence-electron chi connectivity index (χ3n) is 22.1. The number of rotatable bonds is 5. The van der Waals surface area contributed by atoms with Gasteiger partial charge in [0.25, 0.3) is 0 Å². The summed E-state index contributed by atoms with van der Waals surface area (Å²) in [6.07, 6.45) is 4.96. The topological polar surface area (TPSA) is 0 Å². The largest absolute Gasteiger partial charge is 0.0891 e. The van der Waals surface area contributed by atoms with Crippen molar-refractivity contribution in [2.24, 2.45) is 5.92 Å². The van der Waals surface area contributed by atoms with Gasteiger partial charge in [-0.2, -0.15) is 0 Å². The second kappa shape index (κ2) is 19.3. The number of benzene rings is 15. The van der Waals surface area contributed by atoms with Crippen molar-refractivity contribution in [1.29, 1.82) is 0 Å². The highest BCUT2D eigenvalue weighted by Gasteiger charge is 2.53. The molecule has 0 nitrogen and oxygen atoms in total. The van der Waals surface area contributed by atoms with Crippen molar-refractivity contribution >= 4 is 72.2 Å². The van der Waals surface area contributed by atoms with E-state index in [0.29, 0.717) is 0 Å². The molecule has 0 saturated carbocycles. The van der Waals surface area contributed by atoms with Crippen molar-refractivity contribution in [3.63, 3.8) is 0 Å². The van der Waals surface area contributed by atoms with E-state index in [-0.39, 0.29) is 11.8 Å². The number of hydrogen-bond acceptors (Lipinski definition) is 2. The summed E-state index contributed by atoms with van der Waals surface area (Å²) < 4.78 is 0. The lowest BCUT2D eigenvalue weighted by Crippen LogP contribution is -2.31. The van der Waals surface area contributed by atoms with Gasteiger partial charge < -0.3 is 0 Å². The zero-order valence-corrected chi connectivity index (χ0v) is 52.5. The molecule has 0 radical (unpaired) electrons. The SMILES string of the molecule is CC1C2=C(C=CC1c1ccccc1C1(c3ccccc3)c3ccccc3-c3cc4c(-c5ccc6c(c5)-c5ccccc5C65c6cc(-c7ccc8c(c7)-c7cccc9cccc(c79)S8)ccc6-c6ccc7ccccc7c65)cccc4cc31)Sc1cccc3cccc2c13. The molecule has 2 aliphatic heterocycles. The van der Waals surface area contributed by atoms with Gasteiger partial charge in [-0.15, -0.1) is 0 Å². The molecule has 93 heavy (non-hydrogen) atoms. The van der Waals surface area contributed by atoms with Crippen molar-refractivity contribution in [2.45, 2.75) is 38.4 Å². The molecule has 6 aliphatic rings. The first-order chi connectivity index (χ1) is 46.0. The van der Waals surface area contributed by atoms with Crippen molar-refractivity contribution in [2.75, 3.05) is 0 Å². The quantitative estimate of drug-likeness (QED) is 0.168. The number of hydrogen-bond donors (Lipinski definition) is 0. The maximum Gasteiger partial charge on any atom is 0.0731 e. The predicted octanol–water partition coefficient (Wildman–Crippen LogP) is 24.3. The van der Waals surface area contributed by atoms with Crippen LogP contribution in [0.3, 0.4) is 0 Å². The van der Waals surface area contributed by atoms with Gasteiger partial charge >= 0.3 is 0 Å². The maximum atomic E-state index is 2.57. The summed E-state index contributed by atoms with van der Waals surface area (Å²) in [7, 11) is 0. The summed E-state index contributed by atoms with van der Waals surface area (Å²) in [5.41, 5.74) is 29.1. The average Bonchev–Trinajstić information content (AvgIpc) is 1.52. The van der Waals surface area contributed by atoms with Gasteiger partial charge in [-0.1, -0.05) is 291 Å². The summed E-state index contributed by atoms with van der Waals surface area (Å²) >= 11 is 3.83. The van der Waals surface area contributed by atoms with E-state index < -0.39 is 10.8 Å². The highest BCUT2D eigenvalue weighted by Crippen LogP contribution is 2.66. The first kappa shape index (κ1) is 52.2. The molecule has 4 atom stereocenters. The first-order valence-corrected chi connectivity index (χ1v) is 34.4. The second-order valence-electron chi connectivity index (χ2n) is 26.4. The summed E-state index contributed by atoms with van der Waals surface area (Å²) in [5, 5.41) is 10.4. The molecule has 0 fully saturated rings. The molecule has 0 aromatic heterocycles. The van der Waals surface area contributed by atoms with Gasteiger partial charge in [-0.05, 0) is 215 Å². The van der Waals surface area contributed by atoms with Crippen LogP contribution >= 0.6 is 23.5 Å². The van der Waals surface area contributed by atoms with E-state index in [1.807, 2.05) is 23.5 Å². The summed E-state index contributed by atoms with van der Waals surface area (Å²) in [4.78, 5) is 5.35. The molecular weight excluding hydrogens is 1160 g/mol. The van der Waals surface area contributed by atoms with Crippen molar-refractivity contribution in [3.05, 3.63) is 370 Å². The van der Waals surface area contributed by atoms with Gasteiger partial charge in [-0.3, -0.25) is 0 Å². The zero-order chi connectivity index (χ0) is 60.8. The Morgan fingerprint density at radius 1 is 0.301 bits per heavy atom. The van der Waals surface area contributed by atoms with Crippen LogP contribution in [0.5, 0.6) is 0 Å². The fraction of sp³-hybridized carbons (Fsp3) is 0.0549. The van der Waals surface area contributed by atoms with E-state index >= 15 is 0 Å². The highest BCUT2D eigenvalue weighted by molar-refractivity contribution is 8.03. The Hall–Kier alpha value is -10.5. The van der Waals surface area contributed by atoms with Crippen LogP contribution in [-0.2, 0) is 10.8 Å². The molecule has 4 aliphatic carbocycles. The molecule has 4 unspecified atom stereocenters. The van der Waals surface area contributed by atoms with E-state index in [1.54, 1.807) is 0 Å². The van der Waals surface area contributed by atoms with Gasteiger partial charge in [0, 0.05) is 36.3 Å². The Balaban J connectivity index is 0.737. The van der Waals surface area contributed by atoms with Crippen LogP contribution in [0.15, 0.2) is 329 Å². The smallest absolute Gasteiger partial charge is 0.0731 e. The average molecular weight is 1210 g/mol. The number of fused-ring (bicyclic) bond motifs is 19. The number of allylic oxidation sites excluding steroid dienone is 3. The van der Waals surface area contributed by atoms with Crippen molar-refractivity contribution in [1.82, 2.24) is 0 Å². The van der Waals surface area contributed by atoms with Crippen LogP contribution in [0.1, 0.15) is 68.5 Å². The second-order valence-corrected chi connectivity index (χ2v) is 28.6. The Morgan fingerprint density at radius 2 is 0.860 bits per heavy atom. The van der Waals surface area contributed by atoms with Crippen LogP contribution < -0.4 is 0 Å². The molecule has 15 aromatic carbocycles. The van der Waals surface area contributed by atoms with Gasteiger partial charge in [0.2, 0.25) is 0 Å². The van der Waals surface area contributed by atoms with E-state index in [0.717, 1.165) is 0 Å². The highest BCUT2D eigenvalue weighted by atomic mass is 32.2. The molecule has 1 spiro atoms. The van der Waals surface area contributed by atoms with Crippen LogP contribution in [0.25, 0.3) is 115 Å². The van der Waals surface area contributed by atoms with Gasteiger partial charge in [0.05, 0.1) is 10.8 Å². The zero-order valence-electron chi connectivity index (χ0n) is 50.9. The monoisotopic (exact) mass is 1210 g/mol. The Morgan fingerprint density at radius 3 is 1.68 bits per heavy atom. The maximum absolute atomic E-state index is 2.57. The fourth-order valence-electron chi connectivity index (χ4n) is 18.4. The van der Waals surface area contributed by atoms with Gasteiger partial charge in [0.1, 0.15) is 0 Å². The molecule has 15 aromatic rings. The molecule has 21 rings (SSSR count). The number of thioether (sulfide) groups is 1. The van der Waals surface area contributed by atoms with E-state index in [1.165, 1.54) is 191 Å². The van der Waals surface area contributed by atoms with Crippen LogP contribution in [0.2, 0.25) is 0 Å². The first-order valence-electron chi connectivity index (χ1n) is 32.7. The van der Waals surface area contributed by atoms with Gasteiger partial charge in [-0.25, -0.2) is 0 Å². The fourth-order valence-corrected chi connectivity index (χ4v) is 20.8. The van der Waals surface area contributed by atoms with Crippen LogP contribution in [0, 0.1) is 5.92 Å². The van der Waals surface area contributed by atoms with E-state index in [4.69, 9.17) is 0 Å². The lowest BCUT2D eigenvalue weighted by Gasteiger charge is -2.39. The Labute approximate surface area is 549 Å². The molecule has 432 valence electrons. The van der Waals surface area contributed by atoms with Crippen molar-refractivity contribution in [3.8, 4) is 66.8 Å². The standard InChI is InChI=1S/C91H56S2/c1-53-62(44-47-85-86(53)71-32-14-20-56-22-17-37-84(93-85)88(56)71)65-27-7-10-33-76(65)90(61-24-3-2-4-25-61)77-34-11-8-29-67(77)74-52-72-59(51-81(74)90)23-15-30-63(72)60-40-45-79-73(49-60)66-28-9-12-35-78(66)91(79)80-50-58(39-42-68(80)70-43-38-54-18-5-6-26-64(54)89(70)91)57-41-46-82-75(48-57)69-31-13-19-55-21-16-36-83(92-82)87(55)69/h2-53,62H,1H3. The minimum Gasteiger partial charge on any atom is -0.0891 e. The molecule has 0 N–H and O–H groups in total. The predicted molar refractivity (Wildman–Crippen MR) is 391 cm³/mol. The van der Waals surface area contributed by atoms with Crippen molar-refractivity contribution < 1.29 is 0 Å². The van der Waals surface area contributed by atoms with E-state index in [9.17, 15) is 0 Å². The normalized spacial score (nSPS) is 18.7. The minimum atomic E-state index is -0.604. The summed E-state index contributed by atoms with van der Waals surface area (Å²) in [6.45, 7) is 2.48. The Bertz CT molecular complexity index is 5910. The molecular formula is C91H56S2. The van der Waals surface area contributed by atoms with Crippen LogP contribution in [-0.4, -0.2) is 0 Å². The minimum absolute atomic E-state index is 0.143. The third-order valence-corrected chi connectivity index (χ3v) is 24.4. The van der Waals surface area contributed by atoms with Crippen LogP contribution in [0.4, 0.5) is 0 Å². The Kier molecular flexibility index (Phi) is 10.8. The lowest BCUT2D eigenvalue weighted by molar-refractivity contribution is 0.632. The van der Waals surface area contributed by atoms with Gasteiger partial charge in [0.15, 0.2) is 0 Å². The lowest BCUT2D eigenvalue weighted by atomic mass is 9.63. The third kappa shape index (κ3) is 6.94. The molecule has 2 heterocycles.